The van der Waals surface area contributed by atoms with Crippen molar-refractivity contribution in [2.45, 2.75) is 6.42 Å². The SMILES string of the molecule is [c]1cc2cc3c(cc2[se]1)C=CC3. The normalized spacial score (nSPS) is 14.0. The van der Waals surface area contributed by atoms with Gasteiger partial charge in [-0.1, -0.05) is 0 Å². The third-order valence-corrected chi connectivity index (χ3v) is 3.99. The molecule has 0 bridgehead atoms. The van der Waals surface area contributed by atoms with Crippen LogP contribution in [-0.2, 0) is 6.42 Å². The van der Waals surface area contributed by atoms with E-state index in [0.29, 0.717) is 14.5 Å². The minimum atomic E-state index is 0.473. The van der Waals surface area contributed by atoms with E-state index in [2.05, 4.69) is 35.3 Å². The number of hydrogen-bond acceptors (Lipinski definition) is 0. The fourth-order valence-electron chi connectivity index (χ4n) is 1.66. The zero-order valence-corrected chi connectivity index (χ0v) is 8.22. The van der Waals surface area contributed by atoms with Gasteiger partial charge in [0, 0.05) is 0 Å². The van der Waals surface area contributed by atoms with E-state index >= 15 is 0 Å². The molecule has 0 amide bonds. The molecule has 1 aromatic carbocycles. The zero-order chi connectivity index (χ0) is 7.97. The van der Waals surface area contributed by atoms with Gasteiger partial charge in [0.25, 0.3) is 0 Å². The molecule has 0 nitrogen and oxygen atoms in total. The van der Waals surface area contributed by atoms with Crippen LogP contribution < -0.4 is 0 Å². The number of benzene rings is 1. The second-order valence-electron chi connectivity index (χ2n) is 3.06. The van der Waals surface area contributed by atoms with Crippen molar-refractivity contribution in [2.75, 3.05) is 0 Å². The van der Waals surface area contributed by atoms with E-state index in [0.717, 1.165) is 6.42 Å². The van der Waals surface area contributed by atoms with Crippen molar-refractivity contribution in [3.63, 3.8) is 0 Å². The van der Waals surface area contributed by atoms with Crippen molar-refractivity contribution in [2.24, 2.45) is 0 Å². The zero-order valence-electron chi connectivity index (χ0n) is 6.50. The maximum absolute atomic E-state index is 3.30. The van der Waals surface area contributed by atoms with Crippen LogP contribution in [0.1, 0.15) is 11.1 Å². The first-order valence-corrected chi connectivity index (χ1v) is 5.74. The Balaban J connectivity index is 2.43. The monoisotopic (exact) mass is 219 g/mol. The van der Waals surface area contributed by atoms with Gasteiger partial charge in [-0.3, -0.25) is 0 Å². The Morgan fingerprint density at radius 3 is 3.33 bits per heavy atom. The molecule has 1 aliphatic rings. The van der Waals surface area contributed by atoms with E-state index in [1.54, 1.807) is 0 Å². The summed E-state index contributed by atoms with van der Waals surface area (Å²) in [6.45, 7) is 0. The van der Waals surface area contributed by atoms with Gasteiger partial charge in [-0.25, -0.2) is 0 Å². The standard InChI is InChI=1S/C11H7Se/c1-2-8-6-10-4-5-12-11(10)7-9(8)3-1/h1,3-4,6-7H,2H2. The van der Waals surface area contributed by atoms with Gasteiger partial charge < -0.3 is 0 Å². The van der Waals surface area contributed by atoms with E-state index in [1.165, 1.54) is 20.8 Å². The summed E-state index contributed by atoms with van der Waals surface area (Å²) in [4.78, 5) is 3.30. The molecule has 1 aliphatic carbocycles. The average molecular weight is 218 g/mol. The van der Waals surface area contributed by atoms with Crippen LogP contribution >= 0.6 is 0 Å². The molecule has 1 radical (unpaired) electrons. The van der Waals surface area contributed by atoms with E-state index in [9.17, 15) is 0 Å². The Bertz CT molecular complexity index is 463. The number of hydrogen-bond donors (Lipinski definition) is 0. The van der Waals surface area contributed by atoms with Crippen molar-refractivity contribution in [1.82, 2.24) is 0 Å². The van der Waals surface area contributed by atoms with Crippen LogP contribution in [0, 0.1) is 4.94 Å². The molecule has 1 aromatic heterocycles. The molecule has 12 heavy (non-hydrogen) atoms. The van der Waals surface area contributed by atoms with Crippen LogP contribution in [0.5, 0.6) is 0 Å². The Hall–Kier alpha value is -0.781. The second kappa shape index (κ2) is 2.35. The van der Waals surface area contributed by atoms with Crippen molar-refractivity contribution in [3.8, 4) is 0 Å². The van der Waals surface area contributed by atoms with E-state index in [1.807, 2.05) is 0 Å². The summed E-state index contributed by atoms with van der Waals surface area (Å²) in [5, 5.41) is 1.40. The summed E-state index contributed by atoms with van der Waals surface area (Å²) in [5.74, 6) is 0. The van der Waals surface area contributed by atoms with Crippen molar-refractivity contribution < 1.29 is 0 Å². The molecule has 0 unspecified atom stereocenters. The fraction of sp³-hybridized carbons (Fsp3) is 0.0909. The first-order valence-electron chi connectivity index (χ1n) is 4.02. The van der Waals surface area contributed by atoms with Crippen LogP contribution in [-0.4, -0.2) is 14.5 Å². The molecule has 2 aromatic rings. The second-order valence-corrected chi connectivity index (χ2v) is 4.91. The van der Waals surface area contributed by atoms with Gasteiger partial charge in [-0.05, 0) is 0 Å². The molecule has 0 saturated carbocycles. The molecule has 1 heteroatoms. The summed E-state index contributed by atoms with van der Waals surface area (Å²) < 4.78 is 1.49. The predicted molar refractivity (Wildman–Crippen MR) is 52.5 cm³/mol. The summed E-state index contributed by atoms with van der Waals surface area (Å²) in [6.07, 6.45) is 5.58. The molecule has 1 heterocycles. The van der Waals surface area contributed by atoms with Crippen LogP contribution in [0.25, 0.3) is 15.7 Å². The summed E-state index contributed by atoms with van der Waals surface area (Å²) in [5.41, 5.74) is 2.90. The van der Waals surface area contributed by atoms with E-state index in [-0.39, 0.29) is 0 Å². The molecule has 0 spiro atoms. The third-order valence-electron chi connectivity index (χ3n) is 2.29. The molecule has 57 valence electrons. The number of rotatable bonds is 0. The average Bonchev–Trinajstić information content (AvgIpc) is 2.64. The fourth-order valence-corrected chi connectivity index (χ4v) is 3.20. The molecule has 0 N–H and O–H groups in total. The number of allylic oxidation sites excluding steroid dienone is 1. The first-order chi connectivity index (χ1) is 5.93. The van der Waals surface area contributed by atoms with Crippen LogP contribution in [0.3, 0.4) is 0 Å². The quantitative estimate of drug-likeness (QED) is 0.595. The molecular formula is C11H7Se. The summed E-state index contributed by atoms with van der Waals surface area (Å²) in [7, 11) is 0. The van der Waals surface area contributed by atoms with Gasteiger partial charge in [-0.15, -0.1) is 0 Å². The van der Waals surface area contributed by atoms with E-state index in [4.69, 9.17) is 0 Å². The predicted octanol–water partition coefficient (Wildman–Crippen LogP) is 2.27. The number of fused-ring (bicyclic) bond motifs is 2. The molecule has 0 aliphatic heterocycles. The molecule has 3 rings (SSSR count). The van der Waals surface area contributed by atoms with Crippen LogP contribution in [0.4, 0.5) is 0 Å². The topological polar surface area (TPSA) is 0 Å². The van der Waals surface area contributed by atoms with Crippen molar-refractivity contribution in [3.05, 3.63) is 40.3 Å². The van der Waals surface area contributed by atoms with Crippen LogP contribution in [0.15, 0.2) is 24.3 Å². The van der Waals surface area contributed by atoms with Gasteiger partial charge in [-0.2, -0.15) is 0 Å². The van der Waals surface area contributed by atoms with Gasteiger partial charge >= 0.3 is 77.0 Å². The Labute approximate surface area is 77.3 Å². The van der Waals surface area contributed by atoms with Crippen LogP contribution in [0.2, 0.25) is 0 Å². The van der Waals surface area contributed by atoms with Gasteiger partial charge in [0.15, 0.2) is 0 Å². The first kappa shape index (κ1) is 6.71. The summed E-state index contributed by atoms with van der Waals surface area (Å²) in [6, 6.07) is 6.77. The van der Waals surface area contributed by atoms with Gasteiger partial charge in [0.1, 0.15) is 0 Å². The Kier molecular flexibility index (Phi) is 1.31. The minimum absolute atomic E-state index is 0.473. The van der Waals surface area contributed by atoms with E-state index < -0.39 is 0 Å². The van der Waals surface area contributed by atoms with Crippen molar-refractivity contribution >= 4 is 30.2 Å². The summed E-state index contributed by atoms with van der Waals surface area (Å²) >= 11 is 0.473. The molecule has 0 fully saturated rings. The molecule has 0 atom stereocenters. The molecule has 0 saturated heterocycles. The van der Waals surface area contributed by atoms with Crippen molar-refractivity contribution in [1.29, 1.82) is 0 Å². The molecular weight excluding hydrogens is 211 g/mol. The third kappa shape index (κ3) is 0.841. The Morgan fingerprint density at radius 2 is 2.33 bits per heavy atom. The Morgan fingerprint density at radius 1 is 1.33 bits per heavy atom. The maximum atomic E-state index is 3.30. The van der Waals surface area contributed by atoms with Gasteiger partial charge in [0.05, 0.1) is 0 Å². The van der Waals surface area contributed by atoms with Gasteiger partial charge in [0.2, 0.25) is 0 Å².